The molecular weight excluding hydrogens is 327 g/mol. The summed E-state index contributed by atoms with van der Waals surface area (Å²) in [5, 5.41) is 10.7. The van der Waals surface area contributed by atoms with Crippen molar-refractivity contribution in [3.63, 3.8) is 0 Å². The summed E-state index contributed by atoms with van der Waals surface area (Å²) in [5.74, 6) is -0.293. The van der Waals surface area contributed by atoms with E-state index in [-0.39, 0.29) is 5.82 Å². The van der Waals surface area contributed by atoms with Crippen LogP contribution in [0.2, 0.25) is 0 Å². The monoisotopic (exact) mass is 338 g/mol. The lowest BCUT2D eigenvalue weighted by molar-refractivity contribution is -0.391. The second-order valence-corrected chi connectivity index (χ2v) is 5.37. The van der Waals surface area contributed by atoms with Gasteiger partial charge in [0.15, 0.2) is 0 Å². The van der Waals surface area contributed by atoms with Crippen LogP contribution in [-0.2, 0) is 4.74 Å². The van der Waals surface area contributed by atoms with Crippen molar-refractivity contribution in [2.24, 2.45) is 0 Å². The molecule has 0 spiro atoms. The summed E-state index contributed by atoms with van der Waals surface area (Å²) in [6.07, 6.45) is 0.620. The summed E-state index contributed by atoms with van der Waals surface area (Å²) in [7, 11) is 0. The summed E-state index contributed by atoms with van der Waals surface area (Å²) in [6, 6.07) is 1.31. The van der Waals surface area contributed by atoms with E-state index in [1.54, 1.807) is 20.8 Å². The van der Waals surface area contributed by atoms with Crippen LogP contribution >= 0.6 is 22.6 Å². The van der Waals surface area contributed by atoms with Crippen LogP contribution in [0.4, 0.5) is 10.6 Å². The lowest BCUT2D eigenvalue weighted by atomic mass is 10.2. The summed E-state index contributed by atoms with van der Waals surface area (Å²) < 4.78 is 6.55. The molecule has 0 aliphatic carbocycles. The van der Waals surface area contributed by atoms with Crippen LogP contribution in [0.5, 0.6) is 0 Å². The van der Waals surface area contributed by atoms with E-state index in [2.05, 4.69) is 0 Å². The quantitative estimate of drug-likeness (QED) is 0.448. The summed E-state index contributed by atoms with van der Waals surface area (Å²) >= 11 is 1.90. The molecule has 0 radical (unpaired) electrons. The molecule has 1 aromatic rings. The third-order valence-electron chi connectivity index (χ3n) is 1.54. The Morgan fingerprint density at radius 2 is 2.12 bits per heavy atom. The normalized spacial score (nSPS) is 11.2. The molecule has 1 rings (SSSR count). The van der Waals surface area contributed by atoms with Crippen molar-refractivity contribution in [1.29, 1.82) is 0 Å². The molecule has 0 aliphatic rings. The molecule has 0 unspecified atom stereocenters. The van der Waals surface area contributed by atoms with Gasteiger partial charge in [0, 0.05) is 6.07 Å². The second-order valence-electron chi connectivity index (χ2n) is 4.12. The van der Waals surface area contributed by atoms with E-state index in [1.165, 1.54) is 12.3 Å². The third kappa shape index (κ3) is 3.19. The van der Waals surface area contributed by atoms with Gasteiger partial charge in [0.1, 0.15) is 11.8 Å². The number of halogens is 1. The Labute approximate surface area is 106 Å². The maximum absolute atomic E-state index is 11.6. The number of carbonyl (C=O) groups excluding carboxylic acids is 1. The number of rotatable bonds is 1. The number of hydrogen-bond acceptors (Lipinski definition) is 4. The molecule has 0 saturated heterocycles. The molecule has 0 atom stereocenters. The van der Waals surface area contributed by atoms with Crippen LogP contribution in [0.25, 0.3) is 0 Å². The van der Waals surface area contributed by atoms with Gasteiger partial charge in [-0.15, -0.1) is 4.57 Å². The van der Waals surface area contributed by atoms with Gasteiger partial charge < -0.3 is 14.9 Å². The Balaban J connectivity index is 3.04. The van der Waals surface area contributed by atoms with E-state index >= 15 is 0 Å². The minimum Gasteiger partial charge on any atom is -0.425 e. The van der Waals surface area contributed by atoms with Gasteiger partial charge in [-0.2, -0.15) is 4.79 Å². The number of nitro groups is 1. The number of aromatic nitrogens is 1. The highest BCUT2D eigenvalue weighted by atomic mass is 127. The lowest BCUT2D eigenvalue weighted by Crippen LogP contribution is -2.27. The zero-order valence-electron chi connectivity index (χ0n) is 9.06. The fourth-order valence-corrected chi connectivity index (χ4v) is 1.57. The minimum absolute atomic E-state index is 0.293. The molecule has 0 amide bonds. The number of nitrogens with zero attached hydrogens (tertiary/aromatic N) is 2. The van der Waals surface area contributed by atoms with Gasteiger partial charge >= 0.3 is 11.9 Å². The smallest absolute Gasteiger partial charge is 0.425 e. The maximum Gasteiger partial charge on any atom is 0.512 e. The Bertz CT molecular complexity index is 433. The first-order valence-corrected chi connectivity index (χ1v) is 5.54. The molecule has 0 N–H and O–H groups in total. The highest BCUT2D eigenvalue weighted by Crippen LogP contribution is 2.20. The zero-order valence-corrected chi connectivity index (χ0v) is 11.2. The van der Waals surface area contributed by atoms with Gasteiger partial charge in [-0.3, -0.25) is 0 Å². The molecule has 88 valence electrons. The number of ether oxygens (including phenoxy) is 1. The Morgan fingerprint density at radius 1 is 1.56 bits per heavy atom. The van der Waals surface area contributed by atoms with Crippen molar-refractivity contribution in [1.82, 2.24) is 4.57 Å². The van der Waals surface area contributed by atoms with Gasteiger partial charge in [-0.1, -0.05) is 0 Å². The highest BCUT2D eigenvalue weighted by molar-refractivity contribution is 14.1. The van der Waals surface area contributed by atoms with E-state index < -0.39 is 16.6 Å². The SMILES string of the molecule is CC(C)(C)OC(=O)n1cc(I)cc1[N+](=O)[O-]. The molecule has 6 nitrogen and oxygen atoms in total. The minimum atomic E-state index is -0.748. The van der Waals surface area contributed by atoms with E-state index in [0.717, 1.165) is 4.57 Å². The van der Waals surface area contributed by atoms with Crippen molar-refractivity contribution in [2.45, 2.75) is 26.4 Å². The third-order valence-corrected chi connectivity index (χ3v) is 2.13. The first-order valence-electron chi connectivity index (χ1n) is 4.46. The summed E-state index contributed by atoms with van der Waals surface area (Å²) in [6.45, 7) is 5.10. The van der Waals surface area contributed by atoms with Crippen LogP contribution in [0.1, 0.15) is 20.8 Å². The second kappa shape index (κ2) is 4.40. The molecule has 0 aromatic carbocycles. The molecule has 0 aliphatic heterocycles. The van der Waals surface area contributed by atoms with E-state index in [1.807, 2.05) is 22.6 Å². The van der Waals surface area contributed by atoms with E-state index in [4.69, 9.17) is 4.74 Å². The van der Waals surface area contributed by atoms with Crippen molar-refractivity contribution in [3.8, 4) is 0 Å². The number of hydrogen-bond donors (Lipinski definition) is 0. The topological polar surface area (TPSA) is 74.4 Å². The van der Waals surface area contributed by atoms with Crippen LogP contribution in [-0.4, -0.2) is 21.2 Å². The van der Waals surface area contributed by atoms with Crippen molar-refractivity contribution >= 4 is 34.5 Å². The Morgan fingerprint density at radius 3 is 2.56 bits per heavy atom. The predicted molar refractivity (Wildman–Crippen MR) is 65.4 cm³/mol. The molecule has 1 heterocycles. The summed E-state index contributed by atoms with van der Waals surface area (Å²) in [4.78, 5) is 21.7. The zero-order chi connectivity index (χ0) is 12.5. The fourth-order valence-electron chi connectivity index (χ4n) is 1.02. The Hall–Kier alpha value is -1.12. The van der Waals surface area contributed by atoms with E-state index in [0.29, 0.717) is 3.57 Å². The van der Waals surface area contributed by atoms with Crippen LogP contribution in [0.3, 0.4) is 0 Å². The molecule has 0 saturated carbocycles. The molecule has 1 aromatic heterocycles. The van der Waals surface area contributed by atoms with Crippen molar-refractivity contribution < 1.29 is 14.5 Å². The standard InChI is InChI=1S/C9H11IN2O4/c1-9(2,3)16-8(13)11-5-6(10)4-7(11)12(14)15/h4-5H,1-3H3. The van der Waals surface area contributed by atoms with Crippen LogP contribution in [0.15, 0.2) is 12.3 Å². The van der Waals surface area contributed by atoms with Gasteiger partial charge in [0.25, 0.3) is 0 Å². The van der Waals surface area contributed by atoms with E-state index in [9.17, 15) is 14.9 Å². The largest absolute Gasteiger partial charge is 0.512 e. The summed E-state index contributed by atoms with van der Waals surface area (Å²) in [5.41, 5.74) is -0.680. The molecule has 16 heavy (non-hydrogen) atoms. The average molecular weight is 338 g/mol. The lowest BCUT2D eigenvalue weighted by Gasteiger charge is -2.17. The Kier molecular flexibility index (Phi) is 3.56. The van der Waals surface area contributed by atoms with Crippen LogP contribution < -0.4 is 0 Å². The number of carbonyl (C=O) groups is 1. The fraction of sp³-hybridized carbons (Fsp3) is 0.444. The average Bonchev–Trinajstić information content (AvgIpc) is 2.44. The first kappa shape index (κ1) is 12.9. The maximum atomic E-state index is 11.6. The van der Waals surface area contributed by atoms with Gasteiger partial charge in [0.2, 0.25) is 0 Å². The van der Waals surface area contributed by atoms with Crippen LogP contribution in [0, 0.1) is 13.7 Å². The van der Waals surface area contributed by atoms with Crippen molar-refractivity contribution in [3.05, 3.63) is 25.9 Å². The highest BCUT2D eigenvalue weighted by Gasteiger charge is 2.27. The molecule has 0 bridgehead atoms. The molecule has 7 heteroatoms. The van der Waals surface area contributed by atoms with Gasteiger partial charge in [-0.25, -0.2) is 0 Å². The first-order chi connectivity index (χ1) is 7.20. The van der Waals surface area contributed by atoms with Gasteiger partial charge in [0.05, 0.1) is 3.57 Å². The predicted octanol–water partition coefficient (Wildman–Crippen LogP) is 2.78. The molecular formula is C9H11IN2O4. The van der Waals surface area contributed by atoms with Gasteiger partial charge in [-0.05, 0) is 48.3 Å². The molecule has 0 fully saturated rings. The van der Waals surface area contributed by atoms with Crippen molar-refractivity contribution in [2.75, 3.05) is 0 Å².